The van der Waals surface area contributed by atoms with Crippen LogP contribution in [0.4, 0.5) is 5.13 Å². The quantitative estimate of drug-likeness (QED) is 0.499. The molecular weight excluding hydrogens is 366 g/mol. The molecule has 2 atom stereocenters. The molecule has 1 unspecified atom stereocenters. The first-order chi connectivity index (χ1) is 11.8. The van der Waals surface area contributed by atoms with Crippen LogP contribution in [0.3, 0.4) is 0 Å². The van der Waals surface area contributed by atoms with Gasteiger partial charge in [-0.05, 0) is 19.4 Å². The number of nitrogens with one attached hydrogen (secondary N) is 1. The Hall–Kier alpha value is -2.40. The molecule has 0 bridgehead atoms. The highest BCUT2D eigenvalue weighted by Gasteiger charge is 2.53. The maximum absolute atomic E-state index is 12.5. The highest BCUT2D eigenvalue weighted by molar-refractivity contribution is 8.00. The third-order valence-corrected chi connectivity index (χ3v) is 5.83. The van der Waals surface area contributed by atoms with Crippen LogP contribution in [-0.2, 0) is 14.4 Å². The van der Waals surface area contributed by atoms with Crippen LogP contribution in [0.5, 0.6) is 0 Å². The summed E-state index contributed by atoms with van der Waals surface area (Å²) in [5.74, 6) is -1.39. The summed E-state index contributed by atoms with van der Waals surface area (Å²) in [4.78, 5) is 41.4. The molecule has 1 aromatic heterocycles. The van der Waals surface area contributed by atoms with Gasteiger partial charge in [-0.15, -0.1) is 11.8 Å². The number of hydrogen-bond donors (Lipinski definition) is 3. The van der Waals surface area contributed by atoms with Gasteiger partial charge in [0.2, 0.25) is 0 Å². The number of amides is 2. The Morgan fingerprint density at radius 2 is 2.20 bits per heavy atom. The lowest BCUT2D eigenvalue weighted by molar-refractivity contribution is -0.150. The monoisotopic (exact) mass is 381 g/mol. The smallest absolute Gasteiger partial charge is 0.352 e. The predicted molar refractivity (Wildman–Crippen MR) is 93.3 cm³/mol. The summed E-state index contributed by atoms with van der Waals surface area (Å²) >= 11 is 2.39. The van der Waals surface area contributed by atoms with Crippen molar-refractivity contribution in [3.63, 3.8) is 0 Å². The summed E-state index contributed by atoms with van der Waals surface area (Å²) in [6, 6.07) is -0.786. The van der Waals surface area contributed by atoms with E-state index in [-0.39, 0.29) is 22.2 Å². The predicted octanol–water partition coefficient (Wildman–Crippen LogP) is 0.282. The Labute approximate surface area is 151 Å². The van der Waals surface area contributed by atoms with Crippen LogP contribution < -0.4 is 11.1 Å². The average Bonchev–Trinajstić information content (AvgIpc) is 2.98. The molecule has 0 saturated carbocycles. The summed E-state index contributed by atoms with van der Waals surface area (Å²) in [7, 11) is 0. The summed E-state index contributed by atoms with van der Waals surface area (Å²) in [5.41, 5.74) is 6.38. The molecule has 11 heteroatoms. The molecule has 2 aliphatic heterocycles. The van der Waals surface area contributed by atoms with Gasteiger partial charge in [0.15, 0.2) is 11.0 Å². The molecule has 2 aliphatic rings. The number of thioether (sulfide) groups is 1. The molecule has 9 nitrogen and oxygen atoms in total. The van der Waals surface area contributed by atoms with E-state index in [0.29, 0.717) is 11.3 Å². The fraction of sp³-hybridized carbons (Fsp3) is 0.357. The molecule has 1 aromatic rings. The number of nitrogen functional groups attached to an aromatic ring is 1. The lowest BCUT2D eigenvalue weighted by Gasteiger charge is -2.49. The number of aromatic nitrogens is 2. The molecule has 1 saturated heterocycles. The van der Waals surface area contributed by atoms with Crippen LogP contribution in [0, 0.1) is 0 Å². The largest absolute Gasteiger partial charge is 0.477 e. The molecule has 0 radical (unpaired) electrons. The van der Waals surface area contributed by atoms with Crippen molar-refractivity contribution in [1.29, 1.82) is 0 Å². The molecule has 132 valence electrons. The summed E-state index contributed by atoms with van der Waals surface area (Å²) in [6.45, 7) is 3.34. The lowest BCUT2D eigenvalue weighted by atomic mass is 10.0. The first-order valence-corrected chi connectivity index (χ1v) is 9.11. The van der Waals surface area contributed by atoms with Crippen molar-refractivity contribution in [2.45, 2.75) is 25.3 Å². The number of carbonyl (C=O) groups excluding carboxylic acids is 2. The van der Waals surface area contributed by atoms with Crippen LogP contribution in [-0.4, -0.2) is 54.3 Å². The van der Waals surface area contributed by atoms with Gasteiger partial charge in [-0.3, -0.25) is 14.5 Å². The second-order valence-corrected chi connectivity index (χ2v) is 7.34. The van der Waals surface area contributed by atoms with Crippen molar-refractivity contribution in [1.82, 2.24) is 19.6 Å². The number of hydrogen-bond acceptors (Lipinski definition) is 8. The molecule has 25 heavy (non-hydrogen) atoms. The lowest BCUT2D eigenvalue weighted by Crippen LogP contribution is -2.70. The average molecular weight is 381 g/mol. The van der Waals surface area contributed by atoms with Crippen LogP contribution in [0.25, 0.3) is 5.57 Å². The van der Waals surface area contributed by atoms with Gasteiger partial charge in [0.25, 0.3) is 11.8 Å². The number of aliphatic carboxylic acids is 1. The van der Waals surface area contributed by atoms with Crippen LogP contribution in [0.2, 0.25) is 0 Å². The summed E-state index contributed by atoms with van der Waals surface area (Å²) < 4.78 is 4.00. The van der Waals surface area contributed by atoms with E-state index in [1.807, 2.05) is 0 Å². The van der Waals surface area contributed by atoms with Crippen molar-refractivity contribution >= 4 is 51.8 Å². The van der Waals surface area contributed by atoms with Crippen LogP contribution in [0.1, 0.15) is 19.7 Å². The molecule has 0 aliphatic carbocycles. The number of carboxylic acids is 1. The number of carbonyl (C=O) groups is 3. The van der Waals surface area contributed by atoms with E-state index in [9.17, 15) is 19.5 Å². The minimum atomic E-state index is -1.14. The van der Waals surface area contributed by atoms with E-state index in [1.165, 1.54) is 16.7 Å². The van der Waals surface area contributed by atoms with Gasteiger partial charge in [0, 0.05) is 17.3 Å². The van der Waals surface area contributed by atoms with Gasteiger partial charge in [0.05, 0.1) is 5.57 Å². The third kappa shape index (κ3) is 2.89. The first kappa shape index (κ1) is 17.4. The summed E-state index contributed by atoms with van der Waals surface area (Å²) in [5, 5.41) is 11.8. The molecule has 3 heterocycles. The Balaban J connectivity index is 1.76. The van der Waals surface area contributed by atoms with Gasteiger partial charge < -0.3 is 16.2 Å². The van der Waals surface area contributed by atoms with E-state index in [2.05, 4.69) is 14.7 Å². The minimum absolute atomic E-state index is 0.000512. The minimum Gasteiger partial charge on any atom is -0.477 e. The Kier molecular flexibility index (Phi) is 4.52. The second kappa shape index (κ2) is 6.48. The number of carboxylic acid groups (broad SMARTS) is 1. The number of allylic oxidation sites excluding steroid dienone is 1. The van der Waals surface area contributed by atoms with Gasteiger partial charge in [-0.2, -0.15) is 9.36 Å². The van der Waals surface area contributed by atoms with Crippen molar-refractivity contribution in [2.75, 3.05) is 11.5 Å². The normalized spacial score (nSPS) is 23.2. The third-order valence-electron chi connectivity index (χ3n) is 3.86. The topological polar surface area (TPSA) is 139 Å². The molecular formula is C14H15N5O4S2. The maximum atomic E-state index is 12.5. The Morgan fingerprint density at radius 3 is 2.76 bits per heavy atom. The van der Waals surface area contributed by atoms with E-state index in [0.717, 1.165) is 11.5 Å². The number of anilines is 1. The van der Waals surface area contributed by atoms with Crippen molar-refractivity contribution in [3.8, 4) is 0 Å². The van der Waals surface area contributed by atoms with Crippen molar-refractivity contribution in [3.05, 3.63) is 23.2 Å². The van der Waals surface area contributed by atoms with Gasteiger partial charge >= 0.3 is 5.97 Å². The fourth-order valence-electron chi connectivity index (χ4n) is 2.70. The molecule has 4 N–H and O–H groups in total. The first-order valence-electron chi connectivity index (χ1n) is 7.29. The summed E-state index contributed by atoms with van der Waals surface area (Å²) in [6.07, 6.45) is 1.54. The second-order valence-electron chi connectivity index (χ2n) is 5.45. The number of fused-ring (bicyclic) bond motifs is 1. The van der Waals surface area contributed by atoms with Crippen LogP contribution >= 0.6 is 23.3 Å². The zero-order chi connectivity index (χ0) is 18.3. The van der Waals surface area contributed by atoms with E-state index < -0.39 is 29.2 Å². The molecule has 2 amide bonds. The van der Waals surface area contributed by atoms with Gasteiger partial charge in [0.1, 0.15) is 17.1 Å². The molecule has 0 spiro atoms. The van der Waals surface area contributed by atoms with E-state index in [4.69, 9.17) is 5.73 Å². The Bertz CT molecular complexity index is 831. The van der Waals surface area contributed by atoms with E-state index in [1.54, 1.807) is 19.9 Å². The highest BCUT2D eigenvalue weighted by Crippen LogP contribution is 2.40. The zero-order valence-electron chi connectivity index (χ0n) is 13.3. The highest BCUT2D eigenvalue weighted by atomic mass is 32.2. The number of β-lactam (4-membered cyclic amide) rings is 1. The maximum Gasteiger partial charge on any atom is 0.352 e. The number of nitrogens with two attached hydrogens (primary N) is 1. The van der Waals surface area contributed by atoms with Gasteiger partial charge in [-0.25, -0.2) is 4.79 Å². The number of rotatable bonds is 4. The van der Waals surface area contributed by atoms with Crippen LogP contribution in [0.15, 0.2) is 17.3 Å². The fourth-order valence-corrected chi connectivity index (χ4v) is 4.44. The SMILES string of the molecule is C/C=C(\C(=O)NC1C(=O)N2C(C(=O)O)=C(C)CS[C@H]12)c1nsc(N)n1. The van der Waals surface area contributed by atoms with Crippen molar-refractivity contribution in [2.24, 2.45) is 0 Å². The van der Waals surface area contributed by atoms with Gasteiger partial charge in [-0.1, -0.05) is 6.08 Å². The standard InChI is InChI=1S/C14H15N5O4S2/c1-3-6(9-17-14(15)25-18-9)10(20)16-7-11(21)19-8(13(22)23)5(2)4-24-12(7)19/h3,7,12H,4H2,1-2H3,(H,16,20)(H,22,23)(H2,15,17,18)/b6-3-/t7?,12-/m1/s1. The van der Waals surface area contributed by atoms with Crippen molar-refractivity contribution < 1.29 is 19.5 Å². The Morgan fingerprint density at radius 1 is 1.48 bits per heavy atom. The molecule has 3 rings (SSSR count). The number of nitrogens with zero attached hydrogens (tertiary/aromatic N) is 3. The zero-order valence-corrected chi connectivity index (χ0v) is 15.0. The van der Waals surface area contributed by atoms with E-state index >= 15 is 0 Å². The molecule has 1 fully saturated rings. The molecule has 0 aromatic carbocycles.